The highest BCUT2D eigenvalue weighted by atomic mass is 16.3. The Morgan fingerprint density at radius 1 is 1.29 bits per heavy atom. The van der Waals surface area contributed by atoms with Gasteiger partial charge in [-0.25, -0.2) is 4.98 Å². The maximum absolute atomic E-state index is 12.1. The number of oxazole rings is 1. The number of likely N-dealkylation sites (tertiary alicyclic amines) is 1. The van der Waals surface area contributed by atoms with E-state index in [1.54, 1.807) is 18.6 Å². The summed E-state index contributed by atoms with van der Waals surface area (Å²) in [5, 5.41) is 17.3. The van der Waals surface area contributed by atoms with Crippen LogP contribution in [0.1, 0.15) is 22.1 Å². The number of hydrogen-bond acceptors (Lipinski definition) is 7. The molecule has 1 N–H and O–H groups in total. The van der Waals surface area contributed by atoms with Crippen molar-refractivity contribution in [2.45, 2.75) is 12.5 Å². The molecule has 1 aliphatic rings. The van der Waals surface area contributed by atoms with Gasteiger partial charge in [-0.2, -0.15) is 15.0 Å². The van der Waals surface area contributed by atoms with Crippen LogP contribution in [0.5, 0.6) is 0 Å². The second-order valence-corrected chi connectivity index (χ2v) is 5.49. The monoisotopic (exact) mass is 326 g/mol. The Bertz CT molecular complexity index is 836. The summed E-state index contributed by atoms with van der Waals surface area (Å²) < 4.78 is 5.35. The van der Waals surface area contributed by atoms with Crippen molar-refractivity contribution < 1.29 is 14.3 Å². The lowest BCUT2D eigenvalue weighted by Crippen LogP contribution is -2.53. The number of aromatic nitrogens is 5. The van der Waals surface area contributed by atoms with Crippen molar-refractivity contribution in [3.8, 4) is 5.69 Å². The first kappa shape index (κ1) is 14.5. The number of hydrogen-bond donors (Lipinski definition) is 1. The van der Waals surface area contributed by atoms with Crippen molar-refractivity contribution in [1.82, 2.24) is 29.9 Å². The van der Waals surface area contributed by atoms with Gasteiger partial charge in [0.05, 0.1) is 31.1 Å². The predicted molar refractivity (Wildman–Crippen MR) is 80.4 cm³/mol. The van der Waals surface area contributed by atoms with Crippen LogP contribution >= 0.6 is 0 Å². The van der Waals surface area contributed by atoms with E-state index in [-0.39, 0.29) is 11.6 Å². The minimum absolute atomic E-state index is 0.233. The molecule has 3 aromatic heterocycles. The van der Waals surface area contributed by atoms with Crippen LogP contribution in [0.25, 0.3) is 5.69 Å². The topological polar surface area (TPSA) is 110 Å². The molecule has 3 aromatic rings. The lowest BCUT2D eigenvalue weighted by atomic mass is 10.1. The molecule has 0 saturated carbocycles. The summed E-state index contributed by atoms with van der Waals surface area (Å²) in [6.07, 6.45) is 6.12. The number of nitrogens with zero attached hydrogens (tertiary/aromatic N) is 6. The normalized spacial score (nSPS) is 14.6. The molecule has 1 aliphatic heterocycles. The predicted octanol–water partition coefficient (Wildman–Crippen LogP) is 0.0578. The van der Waals surface area contributed by atoms with Crippen molar-refractivity contribution in [1.29, 1.82) is 0 Å². The molecule has 0 aromatic carbocycles. The van der Waals surface area contributed by atoms with Gasteiger partial charge in [0, 0.05) is 18.8 Å². The molecule has 1 saturated heterocycles. The molecule has 0 atom stereocenters. The van der Waals surface area contributed by atoms with E-state index in [1.165, 1.54) is 16.0 Å². The van der Waals surface area contributed by atoms with Crippen LogP contribution in [0, 0.1) is 0 Å². The van der Waals surface area contributed by atoms with E-state index in [4.69, 9.17) is 4.42 Å². The van der Waals surface area contributed by atoms with Gasteiger partial charge in [0.1, 0.15) is 12.0 Å². The van der Waals surface area contributed by atoms with Gasteiger partial charge in [0.15, 0.2) is 5.69 Å². The highest BCUT2D eigenvalue weighted by Crippen LogP contribution is 2.15. The van der Waals surface area contributed by atoms with E-state index >= 15 is 0 Å². The molecular weight excluding hydrogens is 312 g/mol. The molecule has 1 fully saturated rings. The molecular formula is C15H14N6O3. The van der Waals surface area contributed by atoms with Crippen LogP contribution in [0.15, 0.2) is 41.4 Å². The number of β-amino-alcohol motifs (C(OH)–C–C–N with tert-alkyl or cyclic N) is 1. The van der Waals surface area contributed by atoms with Crippen molar-refractivity contribution >= 4 is 5.91 Å². The Labute approximate surface area is 136 Å². The van der Waals surface area contributed by atoms with Gasteiger partial charge in [-0.15, -0.1) is 0 Å². The Morgan fingerprint density at radius 3 is 2.75 bits per heavy atom. The molecule has 0 unspecified atom stereocenters. The van der Waals surface area contributed by atoms with Crippen LogP contribution < -0.4 is 0 Å². The minimum atomic E-state index is -0.438. The first-order valence-electron chi connectivity index (χ1n) is 7.42. The fraction of sp³-hybridized carbons (Fsp3) is 0.267. The first-order valence-corrected chi connectivity index (χ1v) is 7.42. The Hall–Kier alpha value is -3.07. The Balaban J connectivity index is 1.43. The third kappa shape index (κ3) is 2.76. The standard InChI is InChI=1S/C15H14N6O3/c22-12-7-20(8-12)15(23)13-9-24-14(19-13)5-10-1-2-11(6-16-10)21-17-3-4-18-21/h1-4,6,9,12,22H,5,7-8H2. The molecule has 0 spiro atoms. The van der Waals surface area contributed by atoms with E-state index in [0.29, 0.717) is 25.4 Å². The van der Waals surface area contributed by atoms with Crippen LogP contribution in [0.3, 0.4) is 0 Å². The summed E-state index contributed by atoms with van der Waals surface area (Å²) in [4.78, 5) is 23.6. The van der Waals surface area contributed by atoms with Gasteiger partial charge < -0.3 is 14.4 Å². The van der Waals surface area contributed by atoms with Crippen molar-refractivity contribution in [2.24, 2.45) is 0 Å². The van der Waals surface area contributed by atoms with Gasteiger partial charge in [0.2, 0.25) is 5.89 Å². The van der Waals surface area contributed by atoms with Gasteiger partial charge in [-0.1, -0.05) is 0 Å². The van der Waals surface area contributed by atoms with E-state index in [0.717, 1.165) is 11.4 Å². The average molecular weight is 326 g/mol. The number of aliphatic hydroxyl groups excluding tert-OH is 1. The highest BCUT2D eigenvalue weighted by Gasteiger charge is 2.31. The third-order valence-electron chi connectivity index (χ3n) is 3.71. The summed E-state index contributed by atoms with van der Waals surface area (Å²) >= 11 is 0. The Morgan fingerprint density at radius 2 is 2.08 bits per heavy atom. The molecule has 122 valence electrons. The van der Waals surface area contributed by atoms with Gasteiger partial charge >= 0.3 is 0 Å². The van der Waals surface area contributed by atoms with Crippen LogP contribution in [-0.4, -0.2) is 60.1 Å². The molecule has 0 aliphatic carbocycles. The summed E-state index contributed by atoms with van der Waals surface area (Å²) in [6, 6.07) is 3.68. The molecule has 9 heteroatoms. The number of carbonyl (C=O) groups excluding carboxylic acids is 1. The smallest absolute Gasteiger partial charge is 0.275 e. The lowest BCUT2D eigenvalue weighted by molar-refractivity contribution is 0.00549. The van der Waals surface area contributed by atoms with Crippen LogP contribution in [0.2, 0.25) is 0 Å². The Kier molecular flexibility index (Phi) is 3.54. The summed E-state index contributed by atoms with van der Waals surface area (Å²) in [5.41, 5.74) is 1.75. The number of pyridine rings is 1. The zero-order valence-corrected chi connectivity index (χ0v) is 12.6. The maximum Gasteiger partial charge on any atom is 0.275 e. The lowest BCUT2D eigenvalue weighted by Gasteiger charge is -2.35. The van der Waals surface area contributed by atoms with E-state index in [2.05, 4.69) is 20.2 Å². The zero-order valence-electron chi connectivity index (χ0n) is 12.6. The molecule has 9 nitrogen and oxygen atoms in total. The van der Waals surface area contributed by atoms with Crippen LogP contribution in [0.4, 0.5) is 0 Å². The maximum atomic E-state index is 12.1. The molecule has 0 radical (unpaired) electrons. The fourth-order valence-corrected chi connectivity index (χ4v) is 2.42. The first-order chi connectivity index (χ1) is 11.7. The quantitative estimate of drug-likeness (QED) is 0.721. The number of aliphatic hydroxyl groups is 1. The number of rotatable bonds is 4. The summed E-state index contributed by atoms with van der Waals surface area (Å²) in [5.74, 6) is 0.181. The molecule has 4 heterocycles. The molecule has 4 rings (SSSR count). The summed E-state index contributed by atoms with van der Waals surface area (Å²) in [7, 11) is 0. The van der Waals surface area contributed by atoms with Crippen molar-refractivity contribution in [3.05, 3.63) is 54.3 Å². The molecule has 24 heavy (non-hydrogen) atoms. The molecule has 1 amide bonds. The van der Waals surface area contributed by atoms with Crippen molar-refractivity contribution in [3.63, 3.8) is 0 Å². The van der Waals surface area contributed by atoms with Crippen LogP contribution in [-0.2, 0) is 6.42 Å². The summed E-state index contributed by atoms with van der Waals surface area (Å²) in [6.45, 7) is 0.678. The average Bonchev–Trinajstić information content (AvgIpc) is 3.24. The number of carbonyl (C=O) groups is 1. The van der Waals surface area contributed by atoms with E-state index < -0.39 is 6.10 Å². The van der Waals surface area contributed by atoms with E-state index in [9.17, 15) is 9.90 Å². The SMILES string of the molecule is O=C(c1coc(Cc2ccc(-n3nccn3)cn2)n1)N1CC(O)C1. The van der Waals surface area contributed by atoms with Crippen molar-refractivity contribution in [2.75, 3.05) is 13.1 Å². The van der Waals surface area contributed by atoms with Gasteiger partial charge in [-0.05, 0) is 12.1 Å². The van der Waals surface area contributed by atoms with Gasteiger partial charge in [-0.3, -0.25) is 9.78 Å². The second kappa shape index (κ2) is 5.85. The number of amides is 1. The van der Waals surface area contributed by atoms with Gasteiger partial charge in [0.25, 0.3) is 5.91 Å². The second-order valence-electron chi connectivity index (χ2n) is 5.49. The fourth-order valence-electron chi connectivity index (χ4n) is 2.42. The highest BCUT2D eigenvalue weighted by molar-refractivity contribution is 5.92. The molecule has 0 bridgehead atoms. The largest absolute Gasteiger partial charge is 0.448 e. The third-order valence-corrected chi connectivity index (χ3v) is 3.71. The minimum Gasteiger partial charge on any atom is -0.448 e. The zero-order chi connectivity index (χ0) is 16.5. The van der Waals surface area contributed by atoms with E-state index in [1.807, 2.05) is 12.1 Å².